The van der Waals surface area contributed by atoms with Gasteiger partial charge in [0.1, 0.15) is 0 Å². The van der Waals surface area contributed by atoms with Crippen LogP contribution in [0.2, 0.25) is 0 Å². The lowest BCUT2D eigenvalue weighted by Crippen LogP contribution is -2.42. The van der Waals surface area contributed by atoms with Crippen molar-refractivity contribution in [2.45, 2.75) is 43.7 Å². The van der Waals surface area contributed by atoms with E-state index in [9.17, 15) is 31.1 Å². The van der Waals surface area contributed by atoms with Gasteiger partial charge in [0.25, 0.3) is 5.91 Å². The van der Waals surface area contributed by atoms with E-state index in [4.69, 9.17) is 5.26 Å². The number of azo groups is 1. The summed E-state index contributed by atoms with van der Waals surface area (Å²) in [5, 5.41) is 17.4. The molecule has 5 nitrogen and oxygen atoms in total. The third-order valence-electron chi connectivity index (χ3n) is 4.01. The van der Waals surface area contributed by atoms with Gasteiger partial charge < -0.3 is 5.32 Å². The van der Waals surface area contributed by atoms with Crippen molar-refractivity contribution in [2.75, 3.05) is 5.32 Å². The van der Waals surface area contributed by atoms with Crippen LogP contribution in [0.4, 0.5) is 32.0 Å². The SMILES string of the molecule is CC[C@@]1(C(=O)Nc2ccc(C#N)c(C(F)(F)F)c2)CC(C(F)(F)F)N=N1. The van der Waals surface area contributed by atoms with E-state index in [-0.39, 0.29) is 12.1 Å². The smallest absolute Gasteiger partial charge is 0.324 e. The summed E-state index contributed by atoms with van der Waals surface area (Å²) in [6.07, 6.45) is -10.3. The molecule has 1 amide bonds. The molecule has 1 N–H and O–H groups in total. The van der Waals surface area contributed by atoms with E-state index in [0.717, 1.165) is 12.1 Å². The topological polar surface area (TPSA) is 77.6 Å². The predicted octanol–water partition coefficient (Wildman–Crippen LogP) is 4.45. The first kappa shape index (κ1) is 19.7. The van der Waals surface area contributed by atoms with Crippen molar-refractivity contribution < 1.29 is 31.1 Å². The largest absolute Gasteiger partial charge is 0.417 e. The van der Waals surface area contributed by atoms with Crippen LogP contribution in [0, 0.1) is 11.3 Å². The molecule has 0 aromatic heterocycles. The number of alkyl halides is 6. The molecular formula is C15H12F6N4O. The summed E-state index contributed by atoms with van der Waals surface area (Å²) < 4.78 is 77.1. The van der Waals surface area contributed by atoms with Crippen molar-refractivity contribution >= 4 is 11.6 Å². The lowest BCUT2D eigenvalue weighted by molar-refractivity contribution is -0.148. The number of nitrogens with one attached hydrogen (secondary N) is 1. The number of amides is 1. The number of carbonyl (C=O) groups is 1. The molecule has 2 rings (SSSR count). The Kier molecular flexibility index (Phi) is 4.98. The Hall–Kier alpha value is -2.64. The normalized spacial score (nSPS) is 22.9. The Bertz CT molecular complexity index is 780. The molecule has 0 bridgehead atoms. The number of hydrogen-bond donors (Lipinski definition) is 1. The van der Waals surface area contributed by atoms with Crippen LogP contribution in [0.1, 0.15) is 30.9 Å². The number of rotatable bonds is 3. The number of anilines is 1. The summed E-state index contributed by atoms with van der Waals surface area (Å²) >= 11 is 0. The van der Waals surface area contributed by atoms with E-state index >= 15 is 0 Å². The second kappa shape index (κ2) is 6.59. The maximum Gasteiger partial charge on any atom is 0.417 e. The van der Waals surface area contributed by atoms with Gasteiger partial charge in [0.15, 0.2) is 11.6 Å². The van der Waals surface area contributed by atoms with E-state index in [1.165, 1.54) is 13.0 Å². The molecule has 0 saturated carbocycles. The van der Waals surface area contributed by atoms with Gasteiger partial charge in [-0.05, 0) is 24.6 Å². The first-order valence-electron chi connectivity index (χ1n) is 7.34. The summed E-state index contributed by atoms with van der Waals surface area (Å²) in [7, 11) is 0. The summed E-state index contributed by atoms with van der Waals surface area (Å²) in [6.45, 7) is 1.43. The third-order valence-corrected chi connectivity index (χ3v) is 4.01. The molecule has 0 aliphatic carbocycles. The van der Waals surface area contributed by atoms with Crippen molar-refractivity contribution in [3.8, 4) is 6.07 Å². The number of hydrogen-bond acceptors (Lipinski definition) is 4. The molecule has 2 atom stereocenters. The lowest BCUT2D eigenvalue weighted by Gasteiger charge is -2.23. The van der Waals surface area contributed by atoms with E-state index in [2.05, 4.69) is 15.5 Å². The second-order valence-electron chi connectivity index (χ2n) is 5.69. The van der Waals surface area contributed by atoms with Crippen molar-refractivity contribution in [3.63, 3.8) is 0 Å². The molecule has 1 heterocycles. The van der Waals surface area contributed by atoms with Crippen LogP contribution in [0.15, 0.2) is 28.4 Å². The summed E-state index contributed by atoms with van der Waals surface area (Å²) in [6, 6.07) is 1.72. The Balaban J connectivity index is 2.27. The average molecular weight is 378 g/mol. The highest BCUT2D eigenvalue weighted by atomic mass is 19.4. The Morgan fingerprint density at radius 1 is 1.35 bits per heavy atom. The van der Waals surface area contributed by atoms with Crippen LogP contribution < -0.4 is 5.32 Å². The number of carbonyl (C=O) groups excluding carboxylic acids is 1. The van der Waals surface area contributed by atoms with Crippen LogP contribution in [-0.2, 0) is 11.0 Å². The number of benzene rings is 1. The molecule has 0 spiro atoms. The fourth-order valence-electron chi connectivity index (χ4n) is 2.48. The molecular weight excluding hydrogens is 366 g/mol. The molecule has 26 heavy (non-hydrogen) atoms. The minimum absolute atomic E-state index is 0.114. The predicted molar refractivity (Wildman–Crippen MR) is 77.1 cm³/mol. The summed E-state index contributed by atoms with van der Waals surface area (Å²) in [5.74, 6) is -0.992. The fourth-order valence-corrected chi connectivity index (χ4v) is 2.48. The number of halogens is 6. The molecule has 1 aromatic rings. The zero-order chi connectivity index (χ0) is 19.8. The Morgan fingerprint density at radius 3 is 2.46 bits per heavy atom. The highest BCUT2D eigenvalue weighted by Gasteiger charge is 2.52. The van der Waals surface area contributed by atoms with Crippen molar-refractivity contribution in [1.29, 1.82) is 5.26 Å². The molecule has 140 valence electrons. The van der Waals surface area contributed by atoms with Gasteiger partial charge in [0.2, 0.25) is 0 Å². The van der Waals surface area contributed by atoms with Gasteiger partial charge in [-0.3, -0.25) is 4.79 Å². The van der Waals surface area contributed by atoms with E-state index in [1.807, 2.05) is 0 Å². The average Bonchev–Trinajstić information content (AvgIpc) is 3.00. The molecule has 0 radical (unpaired) electrons. The van der Waals surface area contributed by atoms with Gasteiger partial charge in [-0.1, -0.05) is 6.92 Å². The summed E-state index contributed by atoms with van der Waals surface area (Å²) in [5.41, 5.74) is -4.02. The van der Waals surface area contributed by atoms with Gasteiger partial charge >= 0.3 is 12.4 Å². The van der Waals surface area contributed by atoms with E-state index in [1.54, 1.807) is 0 Å². The maximum atomic E-state index is 13.0. The van der Waals surface area contributed by atoms with Gasteiger partial charge in [0.05, 0.1) is 17.2 Å². The first-order valence-corrected chi connectivity index (χ1v) is 7.34. The van der Waals surface area contributed by atoms with Crippen LogP contribution in [0.3, 0.4) is 0 Å². The van der Waals surface area contributed by atoms with Crippen molar-refractivity contribution in [2.24, 2.45) is 10.2 Å². The van der Waals surface area contributed by atoms with Crippen molar-refractivity contribution in [1.82, 2.24) is 0 Å². The molecule has 0 saturated heterocycles. The van der Waals surface area contributed by atoms with Gasteiger partial charge in [-0.2, -0.15) is 41.8 Å². The van der Waals surface area contributed by atoms with Crippen LogP contribution in [-0.4, -0.2) is 23.7 Å². The van der Waals surface area contributed by atoms with E-state index < -0.39 is 47.4 Å². The zero-order valence-corrected chi connectivity index (χ0v) is 13.2. The molecule has 1 unspecified atom stereocenters. The first-order chi connectivity index (χ1) is 11.9. The minimum atomic E-state index is -4.83. The molecule has 1 aliphatic rings. The highest BCUT2D eigenvalue weighted by Crippen LogP contribution is 2.39. The van der Waals surface area contributed by atoms with Crippen LogP contribution >= 0.6 is 0 Å². The standard InChI is InChI=1S/C15H12F6N4O/c1-2-13(6-11(24-25-13)15(19,20)21)12(26)23-9-4-3-8(7-22)10(5-9)14(16,17)18/h3-5,11H,2,6H2,1H3,(H,23,26)/t11?,13-/m0/s1. The van der Waals surface area contributed by atoms with Crippen LogP contribution in [0.25, 0.3) is 0 Å². The van der Waals surface area contributed by atoms with Crippen molar-refractivity contribution in [3.05, 3.63) is 29.3 Å². The third kappa shape index (κ3) is 3.79. The summed E-state index contributed by atoms with van der Waals surface area (Å²) in [4.78, 5) is 12.4. The Labute approximate surface area is 143 Å². The molecule has 1 aliphatic heterocycles. The fraction of sp³-hybridized carbons (Fsp3) is 0.467. The molecule has 0 fully saturated rings. The maximum absolute atomic E-state index is 13.0. The van der Waals surface area contributed by atoms with Crippen LogP contribution in [0.5, 0.6) is 0 Å². The zero-order valence-electron chi connectivity index (χ0n) is 13.2. The van der Waals surface area contributed by atoms with E-state index in [0.29, 0.717) is 6.07 Å². The number of nitriles is 1. The van der Waals surface area contributed by atoms with Gasteiger partial charge in [-0.25, -0.2) is 0 Å². The minimum Gasteiger partial charge on any atom is -0.324 e. The quantitative estimate of drug-likeness (QED) is 0.789. The highest BCUT2D eigenvalue weighted by molar-refractivity contribution is 5.98. The van der Waals surface area contributed by atoms with Gasteiger partial charge in [-0.15, -0.1) is 0 Å². The molecule has 1 aromatic carbocycles. The Morgan fingerprint density at radius 2 is 2.00 bits per heavy atom. The monoisotopic (exact) mass is 378 g/mol. The lowest BCUT2D eigenvalue weighted by atomic mass is 9.89. The van der Waals surface area contributed by atoms with Gasteiger partial charge in [0, 0.05) is 12.1 Å². The number of nitrogens with zero attached hydrogens (tertiary/aromatic N) is 3. The molecule has 11 heteroatoms. The second-order valence-corrected chi connectivity index (χ2v) is 5.69.